The first kappa shape index (κ1) is 15.5. The van der Waals surface area contributed by atoms with Crippen LogP contribution in [0.4, 0.5) is 5.69 Å². The van der Waals surface area contributed by atoms with Crippen LogP contribution in [-0.4, -0.2) is 60.4 Å². The van der Waals surface area contributed by atoms with Gasteiger partial charge in [-0.05, 0) is 37.8 Å². The molecule has 1 atom stereocenters. The first-order valence-electron chi connectivity index (χ1n) is 9.13. The number of hydrogen-bond donors (Lipinski definition) is 0. The van der Waals surface area contributed by atoms with Gasteiger partial charge in [0, 0.05) is 44.3 Å². The van der Waals surface area contributed by atoms with Crippen LogP contribution >= 0.6 is 0 Å². The number of anilines is 1. The maximum atomic E-state index is 12.9. The van der Waals surface area contributed by atoms with E-state index in [0.717, 1.165) is 58.4 Å². The van der Waals surface area contributed by atoms with Crippen molar-refractivity contribution in [1.82, 2.24) is 9.80 Å². The number of hydrogen-bond acceptors (Lipinski definition) is 3. The molecule has 3 aliphatic rings. The number of amides is 2. The summed E-state index contributed by atoms with van der Waals surface area (Å²) < 4.78 is 0. The Bertz CT molecular complexity index is 606. The van der Waals surface area contributed by atoms with Crippen molar-refractivity contribution in [3.8, 4) is 0 Å². The zero-order valence-electron chi connectivity index (χ0n) is 14.1. The van der Waals surface area contributed by atoms with Crippen molar-refractivity contribution in [2.75, 3.05) is 37.6 Å². The Labute approximate surface area is 143 Å². The highest BCUT2D eigenvalue weighted by molar-refractivity contribution is 5.90. The average Bonchev–Trinajstić information content (AvgIpc) is 3.38. The van der Waals surface area contributed by atoms with Gasteiger partial charge in [-0.3, -0.25) is 9.59 Å². The average molecular weight is 327 g/mol. The zero-order valence-corrected chi connectivity index (χ0v) is 14.1. The number of carbonyl (C=O) groups excluding carboxylic acids is 2. The summed E-state index contributed by atoms with van der Waals surface area (Å²) in [5.74, 6) is 0.580. The summed E-state index contributed by atoms with van der Waals surface area (Å²) in [5, 5.41) is 0. The van der Waals surface area contributed by atoms with Crippen LogP contribution in [0.25, 0.3) is 0 Å². The lowest BCUT2D eigenvalue weighted by Gasteiger charge is -2.38. The summed E-state index contributed by atoms with van der Waals surface area (Å²) in [5.41, 5.74) is 1.22. The van der Waals surface area contributed by atoms with Gasteiger partial charge in [-0.1, -0.05) is 18.2 Å². The molecule has 1 aromatic carbocycles. The lowest BCUT2D eigenvalue weighted by Crippen LogP contribution is -2.54. The van der Waals surface area contributed by atoms with Crippen LogP contribution < -0.4 is 4.90 Å². The van der Waals surface area contributed by atoms with Gasteiger partial charge < -0.3 is 14.7 Å². The molecule has 4 rings (SSSR count). The molecule has 0 bridgehead atoms. The maximum absolute atomic E-state index is 12.9. The fraction of sp³-hybridized carbons (Fsp3) is 0.579. The molecule has 3 fully saturated rings. The smallest absolute Gasteiger partial charge is 0.245 e. The van der Waals surface area contributed by atoms with E-state index in [9.17, 15) is 9.59 Å². The Balaban J connectivity index is 1.36. The van der Waals surface area contributed by atoms with Crippen molar-refractivity contribution < 1.29 is 9.59 Å². The maximum Gasteiger partial charge on any atom is 0.245 e. The molecule has 5 nitrogen and oxygen atoms in total. The number of para-hydroxylation sites is 1. The summed E-state index contributed by atoms with van der Waals surface area (Å²) in [6, 6.07) is 10.1. The van der Waals surface area contributed by atoms with Gasteiger partial charge in [-0.15, -0.1) is 0 Å². The SMILES string of the molecule is O=C([C@@H]1CCCN1C(=O)C1CC1)N1CCN(c2ccccc2)CC1. The molecule has 1 aliphatic carbocycles. The molecular formula is C19H25N3O2. The molecule has 5 heteroatoms. The predicted octanol–water partition coefficient (Wildman–Crippen LogP) is 1.74. The highest BCUT2D eigenvalue weighted by atomic mass is 16.2. The second-order valence-electron chi connectivity index (χ2n) is 7.11. The van der Waals surface area contributed by atoms with Crippen LogP contribution in [0.5, 0.6) is 0 Å². The van der Waals surface area contributed by atoms with Crippen molar-refractivity contribution >= 4 is 17.5 Å². The zero-order chi connectivity index (χ0) is 16.5. The number of carbonyl (C=O) groups is 2. The lowest BCUT2D eigenvalue weighted by atomic mass is 10.1. The van der Waals surface area contributed by atoms with Gasteiger partial charge in [0.15, 0.2) is 0 Å². The third-order valence-electron chi connectivity index (χ3n) is 5.46. The van der Waals surface area contributed by atoms with E-state index in [1.165, 1.54) is 5.69 Å². The van der Waals surface area contributed by atoms with E-state index in [0.29, 0.717) is 0 Å². The quantitative estimate of drug-likeness (QED) is 0.849. The van der Waals surface area contributed by atoms with E-state index in [-0.39, 0.29) is 23.8 Å². The van der Waals surface area contributed by atoms with Gasteiger partial charge in [-0.25, -0.2) is 0 Å². The first-order valence-corrected chi connectivity index (χ1v) is 9.13. The molecule has 0 radical (unpaired) electrons. The molecule has 0 spiro atoms. The van der Waals surface area contributed by atoms with Gasteiger partial charge >= 0.3 is 0 Å². The summed E-state index contributed by atoms with van der Waals surface area (Å²) in [6.07, 6.45) is 3.80. The van der Waals surface area contributed by atoms with Crippen LogP contribution in [-0.2, 0) is 9.59 Å². The Morgan fingerprint density at radius 1 is 0.833 bits per heavy atom. The van der Waals surface area contributed by atoms with E-state index in [1.54, 1.807) is 0 Å². The minimum absolute atomic E-state index is 0.161. The predicted molar refractivity (Wildman–Crippen MR) is 92.7 cm³/mol. The van der Waals surface area contributed by atoms with Crippen LogP contribution in [0.2, 0.25) is 0 Å². The normalized spacial score (nSPS) is 24.3. The highest BCUT2D eigenvalue weighted by Gasteiger charge is 2.42. The lowest BCUT2D eigenvalue weighted by molar-refractivity contribution is -0.144. The first-order chi connectivity index (χ1) is 11.7. The fourth-order valence-corrected chi connectivity index (χ4v) is 3.89. The summed E-state index contributed by atoms with van der Waals surface area (Å²) in [7, 11) is 0. The Kier molecular flexibility index (Phi) is 4.17. The standard InChI is InChI=1S/C19H25N3O2/c23-18(15-8-9-15)22-10-4-7-17(22)19(24)21-13-11-20(12-14-21)16-5-2-1-3-6-16/h1-3,5-6,15,17H,4,7-14H2/t17-/m0/s1. The van der Waals surface area contributed by atoms with Crippen molar-refractivity contribution in [3.63, 3.8) is 0 Å². The number of piperazine rings is 1. The van der Waals surface area contributed by atoms with E-state index >= 15 is 0 Å². The molecule has 0 unspecified atom stereocenters. The van der Waals surface area contributed by atoms with E-state index in [1.807, 2.05) is 28.0 Å². The van der Waals surface area contributed by atoms with Crippen molar-refractivity contribution in [2.24, 2.45) is 5.92 Å². The Morgan fingerprint density at radius 2 is 1.54 bits per heavy atom. The van der Waals surface area contributed by atoms with Crippen LogP contribution in [0.3, 0.4) is 0 Å². The van der Waals surface area contributed by atoms with E-state index in [4.69, 9.17) is 0 Å². The highest BCUT2D eigenvalue weighted by Crippen LogP contribution is 2.34. The minimum atomic E-state index is -0.207. The van der Waals surface area contributed by atoms with Crippen molar-refractivity contribution in [2.45, 2.75) is 31.7 Å². The second kappa shape index (κ2) is 6.46. The Hall–Kier alpha value is -2.04. The van der Waals surface area contributed by atoms with Gasteiger partial charge in [0.05, 0.1) is 0 Å². The molecule has 128 valence electrons. The van der Waals surface area contributed by atoms with Crippen LogP contribution in [0, 0.1) is 5.92 Å². The molecule has 0 N–H and O–H groups in total. The van der Waals surface area contributed by atoms with Crippen molar-refractivity contribution in [1.29, 1.82) is 0 Å². The summed E-state index contributed by atoms with van der Waals surface area (Å²) in [6.45, 7) is 3.97. The molecule has 1 saturated carbocycles. The van der Waals surface area contributed by atoms with Gasteiger partial charge in [-0.2, -0.15) is 0 Å². The summed E-state index contributed by atoms with van der Waals surface area (Å²) >= 11 is 0. The molecular weight excluding hydrogens is 302 g/mol. The molecule has 2 saturated heterocycles. The fourth-order valence-electron chi connectivity index (χ4n) is 3.89. The number of nitrogens with zero attached hydrogens (tertiary/aromatic N) is 3. The van der Waals surface area contributed by atoms with Crippen molar-refractivity contribution in [3.05, 3.63) is 30.3 Å². The Morgan fingerprint density at radius 3 is 2.21 bits per heavy atom. The van der Waals surface area contributed by atoms with Gasteiger partial charge in [0.2, 0.25) is 11.8 Å². The number of likely N-dealkylation sites (tertiary alicyclic amines) is 1. The van der Waals surface area contributed by atoms with Crippen LogP contribution in [0.15, 0.2) is 30.3 Å². The molecule has 0 aromatic heterocycles. The largest absolute Gasteiger partial charge is 0.368 e. The second-order valence-corrected chi connectivity index (χ2v) is 7.11. The van der Waals surface area contributed by atoms with Crippen LogP contribution in [0.1, 0.15) is 25.7 Å². The van der Waals surface area contributed by atoms with E-state index < -0.39 is 0 Å². The minimum Gasteiger partial charge on any atom is -0.368 e. The number of rotatable bonds is 3. The topological polar surface area (TPSA) is 43.9 Å². The monoisotopic (exact) mass is 327 g/mol. The third kappa shape index (κ3) is 2.99. The number of benzene rings is 1. The molecule has 2 heterocycles. The molecule has 2 aliphatic heterocycles. The van der Waals surface area contributed by atoms with E-state index in [2.05, 4.69) is 17.0 Å². The van der Waals surface area contributed by atoms with Gasteiger partial charge in [0.25, 0.3) is 0 Å². The molecule has 1 aromatic rings. The molecule has 24 heavy (non-hydrogen) atoms. The van der Waals surface area contributed by atoms with Gasteiger partial charge in [0.1, 0.15) is 6.04 Å². The summed E-state index contributed by atoms with van der Waals surface area (Å²) in [4.78, 5) is 31.5. The third-order valence-corrected chi connectivity index (χ3v) is 5.46. The molecule has 2 amide bonds.